The van der Waals surface area contributed by atoms with E-state index in [2.05, 4.69) is 0 Å². The molecule has 0 fully saturated rings. The van der Waals surface area contributed by atoms with Crippen LogP contribution in [-0.2, 0) is 0 Å². The second-order valence-electron chi connectivity index (χ2n) is 5.75. The Morgan fingerprint density at radius 2 is 1.75 bits per heavy atom. The highest BCUT2D eigenvalue weighted by Crippen LogP contribution is 2.41. The number of aryl methyl sites for hydroxylation is 1. The summed E-state index contributed by atoms with van der Waals surface area (Å²) in [7, 11) is 1.53. The van der Waals surface area contributed by atoms with Gasteiger partial charge in [-0.05, 0) is 36.8 Å². The Morgan fingerprint density at radius 3 is 2.50 bits per heavy atom. The molecule has 0 amide bonds. The second kappa shape index (κ2) is 4.89. The van der Waals surface area contributed by atoms with Crippen LogP contribution < -0.4 is 10.4 Å². The summed E-state index contributed by atoms with van der Waals surface area (Å²) >= 11 is 0. The normalized spacial score (nSPS) is 11.4. The van der Waals surface area contributed by atoms with Crippen molar-refractivity contribution in [2.75, 3.05) is 7.11 Å². The van der Waals surface area contributed by atoms with Crippen LogP contribution >= 0.6 is 0 Å². The fourth-order valence-electron chi connectivity index (χ4n) is 3.21. The lowest BCUT2D eigenvalue weighted by Crippen LogP contribution is -2.02. The second-order valence-corrected chi connectivity index (χ2v) is 5.75. The van der Waals surface area contributed by atoms with Crippen LogP contribution in [0.15, 0.2) is 45.6 Å². The van der Waals surface area contributed by atoms with Crippen LogP contribution in [0.2, 0.25) is 0 Å². The lowest BCUT2D eigenvalue weighted by Gasteiger charge is -2.12. The molecule has 1 heterocycles. The first-order valence-electron chi connectivity index (χ1n) is 7.40. The Labute approximate surface area is 136 Å². The summed E-state index contributed by atoms with van der Waals surface area (Å²) in [6, 6.07) is 9.83. The summed E-state index contributed by atoms with van der Waals surface area (Å²) in [4.78, 5) is 12.5. The van der Waals surface area contributed by atoms with Gasteiger partial charge in [0.2, 0.25) is 0 Å². The van der Waals surface area contributed by atoms with Crippen LogP contribution in [0.4, 0.5) is 0 Å². The summed E-state index contributed by atoms with van der Waals surface area (Å²) in [5, 5.41) is 22.6. The van der Waals surface area contributed by atoms with E-state index in [1.165, 1.54) is 19.2 Å². The zero-order valence-corrected chi connectivity index (χ0v) is 13.1. The molecule has 5 nitrogen and oxygen atoms in total. The van der Waals surface area contributed by atoms with E-state index in [1.54, 1.807) is 18.2 Å². The Bertz CT molecular complexity index is 1190. The van der Waals surface area contributed by atoms with Gasteiger partial charge in [0.15, 0.2) is 0 Å². The SMILES string of the molecule is COc1cc(C)cc2c(=O)oc3c4cccc(O)c4c(O)cc3c12. The van der Waals surface area contributed by atoms with Crippen LogP contribution in [-0.4, -0.2) is 17.3 Å². The fraction of sp³-hybridized carbons (Fsp3) is 0.105. The molecule has 0 bridgehead atoms. The van der Waals surface area contributed by atoms with Gasteiger partial charge >= 0.3 is 5.63 Å². The monoisotopic (exact) mass is 322 g/mol. The minimum absolute atomic E-state index is 0.0782. The molecule has 0 saturated carbocycles. The number of methoxy groups -OCH3 is 1. The molecule has 0 aliphatic heterocycles. The van der Waals surface area contributed by atoms with E-state index in [0.29, 0.717) is 32.9 Å². The molecule has 0 atom stereocenters. The number of rotatable bonds is 1. The van der Waals surface area contributed by atoms with E-state index in [-0.39, 0.29) is 16.9 Å². The molecule has 0 saturated heterocycles. The molecule has 0 radical (unpaired) electrons. The first-order chi connectivity index (χ1) is 11.5. The number of hydrogen-bond acceptors (Lipinski definition) is 5. The van der Waals surface area contributed by atoms with E-state index in [4.69, 9.17) is 9.15 Å². The third-order valence-corrected chi connectivity index (χ3v) is 4.22. The van der Waals surface area contributed by atoms with E-state index in [1.807, 2.05) is 13.0 Å². The number of fused-ring (bicyclic) bond motifs is 5. The maximum Gasteiger partial charge on any atom is 0.344 e. The molecule has 4 rings (SSSR count). The molecule has 0 aliphatic rings. The Kier molecular flexibility index (Phi) is 2.93. The molecule has 5 heteroatoms. The molecule has 2 N–H and O–H groups in total. The molecule has 120 valence electrons. The number of ether oxygens (including phenoxy) is 1. The first-order valence-corrected chi connectivity index (χ1v) is 7.40. The topological polar surface area (TPSA) is 79.9 Å². The van der Waals surface area contributed by atoms with Crippen LogP contribution in [0.5, 0.6) is 17.2 Å². The molecule has 1 aromatic heterocycles. The maximum absolute atomic E-state index is 12.5. The largest absolute Gasteiger partial charge is 0.507 e. The van der Waals surface area contributed by atoms with Gasteiger partial charge in [0.1, 0.15) is 22.8 Å². The van der Waals surface area contributed by atoms with E-state index in [0.717, 1.165) is 5.56 Å². The van der Waals surface area contributed by atoms with Crippen LogP contribution in [0, 0.1) is 6.92 Å². The predicted molar refractivity (Wildman–Crippen MR) is 92.1 cm³/mol. The summed E-state index contributed by atoms with van der Waals surface area (Å²) in [6.45, 7) is 1.86. The molecular formula is C19H14O5. The van der Waals surface area contributed by atoms with Crippen molar-refractivity contribution in [3.63, 3.8) is 0 Å². The molecule has 0 spiro atoms. The fourth-order valence-corrected chi connectivity index (χ4v) is 3.21. The van der Waals surface area contributed by atoms with Gasteiger partial charge in [-0.25, -0.2) is 4.79 Å². The van der Waals surface area contributed by atoms with Gasteiger partial charge in [0.05, 0.1) is 17.9 Å². The van der Waals surface area contributed by atoms with Crippen LogP contribution in [0.25, 0.3) is 32.5 Å². The van der Waals surface area contributed by atoms with Gasteiger partial charge in [0, 0.05) is 16.2 Å². The molecule has 4 aromatic rings. The molecule has 0 unspecified atom stereocenters. The minimum Gasteiger partial charge on any atom is -0.507 e. The predicted octanol–water partition coefficient (Wildman–Crippen LogP) is 3.83. The summed E-state index contributed by atoms with van der Waals surface area (Å²) < 4.78 is 11.0. The van der Waals surface area contributed by atoms with Crippen molar-refractivity contribution < 1.29 is 19.4 Å². The molecule has 24 heavy (non-hydrogen) atoms. The summed E-state index contributed by atoms with van der Waals surface area (Å²) in [5.74, 6) is 0.362. The Morgan fingerprint density at radius 1 is 0.958 bits per heavy atom. The van der Waals surface area contributed by atoms with Crippen molar-refractivity contribution in [3.8, 4) is 17.2 Å². The van der Waals surface area contributed by atoms with Crippen molar-refractivity contribution in [1.29, 1.82) is 0 Å². The number of phenols is 2. The number of phenolic OH excluding ortho intramolecular Hbond substituents is 2. The number of hydrogen-bond donors (Lipinski definition) is 2. The zero-order valence-electron chi connectivity index (χ0n) is 13.1. The van der Waals surface area contributed by atoms with Crippen molar-refractivity contribution >= 4 is 32.5 Å². The summed E-state index contributed by atoms with van der Waals surface area (Å²) in [5.41, 5.74) is 0.682. The average molecular weight is 322 g/mol. The molecule has 0 aliphatic carbocycles. The lowest BCUT2D eigenvalue weighted by molar-refractivity contribution is 0.419. The van der Waals surface area contributed by atoms with Crippen molar-refractivity contribution in [1.82, 2.24) is 0 Å². The molecule has 3 aromatic carbocycles. The number of aromatic hydroxyl groups is 2. The summed E-state index contributed by atoms with van der Waals surface area (Å²) in [6.07, 6.45) is 0. The first kappa shape index (κ1) is 14.4. The highest BCUT2D eigenvalue weighted by Gasteiger charge is 2.18. The van der Waals surface area contributed by atoms with E-state index in [9.17, 15) is 15.0 Å². The average Bonchev–Trinajstić information content (AvgIpc) is 2.55. The lowest BCUT2D eigenvalue weighted by atomic mass is 9.99. The van der Waals surface area contributed by atoms with Crippen molar-refractivity contribution in [2.45, 2.75) is 6.92 Å². The maximum atomic E-state index is 12.5. The van der Waals surface area contributed by atoms with Gasteiger partial charge in [0.25, 0.3) is 0 Å². The van der Waals surface area contributed by atoms with Crippen LogP contribution in [0.1, 0.15) is 5.56 Å². The quantitative estimate of drug-likeness (QED) is 0.411. The van der Waals surface area contributed by atoms with Crippen molar-refractivity contribution in [3.05, 3.63) is 52.4 Å². The van der Waals surface area contributed by atoms with Gasteiger partial charge in [-0.2, -0.15) is 0 Å². The minimum atomic E-state index is -0.491. The Balaban J connectivity index is 2.37. The van der Waals surface area contributed by atoms with Gasteiger partial charge < -0.3 is 19.4 Å². The van der Waals surface area contributed by atoms with Crippen LogP contribution in [0.3, 0.4) is 0 Å². The Hall–Kier alpha value is -3.21. The van der Waals surface area contributed by atoms with E-state index < -0.39 is 5.63 Å². The standard InChI is InChI=1S/C19H14O5/c1-9-6-12-16(15(7-9)23-2)11-8-14(21)17-10(4-3-5-13(17)20)18(11)24-19(12)22/h3-8,20-21H,1-2H3. The van der Waals surface area contributed by atoms with Crippen molar-refractivity contribution in [2.24, 2.45) is 0 Å². The van der Waals surface area contributed by atoms with Gasteiger partial charge in [-0.1, -0.05) is 12.1 Å². The number of benzene rings is 3. The highest BCUT2D eigenvalue weighted by atomic mass is 16.5. The van der Waals surface area contributed by atoms with Gasteiger partial charge in [-0.3, -0.25) is 0 Å². The third kappa shape index (κ3) is 1.84. The zero-order chi connectivity index (χ0) is 17.0. The van der Waals surface area contributed by atoms with Gasteiger partial charge in [-0.15, -0.1) is 0 Å². The molecular weight excluding hydrogens is 308 g/mol. The highest BCUT2D eigenvalue weighted by molar-refractivity contribution is 6.18. The third-order valence-electron chi connectivity index (χ3n) is 4.22. The van der Waals surface area contributed by atoms with E-state index >= 15 is 0 Å². The smallest absolute Gasteiger partial charge is 0.344 e.